The Balaban J connectivity index is 0.000000550. The molecule has 0 spiro atoms. The summed E-state index contributed by atoms with van der Waals surface area (Å²) in [6, 6.07) is 11.9. The molecule has 1 aromatic carbocycles. The molecular formula is C23H36N2. The highest BCUT2D eigenvalue weighted by molar-refractivity contribution is 5.15. The molecule has 2 rings (SSSR count). The van der Waals surface area contributed by atoms with E-state index >= 15 is 0 Å². The van der Waals surface area contributed by atoms with Crippen molar-refractivity contribution in [2.75, 3.05) is 20.1 Å². The zero-order valence-corrected chi connectivity index (χ0v) is 16.4. The third-order valence-corrected chi connectivity index (χ3v) is 4.69. The van der Waals surface area contributed by atoms with Crippen molar-refractivity contribution in [1.29, 1.82) is 0 Å². The first-order chi connectivity index (χ1) is 12.1. The second-order valence-electron chi connectivity index (χ2n) is 6.72. The van der Waals surface area contributed by atoms with Crippen LogP contribution < -0.4 is 5.32 Å². The van der Waals surface area contributed by atoms with E-state index in [1.807, 2.05) is 19.1 Å². The summed E-state index contributed by atoms with van der Waals surface area (Å²) in [6.45, 7) is 14.2. The molecule has 0 bridgehead atoms. The molecule has 0 amide bonds. The Morgan fingerprint density at radius 1 is 1.32 bits per heavy atom. The quantitative estimate of drug-likeness (QED) is 0.555. The second-order valence-corrected chi connectivity index (χ2v) is 6.72. The number of nitrogens with zero attached hydrogens (tertiary/aromatic N) is 1. The van der Waals surface area contributed by atoms with Crippen LogP contribution >= 0.6 is 0 Å². The fraction of sp³-hybridized carbons (Fsp3) is 0.478. The van der Waals surface area contributed by atoms with Crippen molar-refractivity contribution in [1.82, 2.24) is 10.2 Å². The van der Waals surface area contributed by atoms with Crippen LogP contribution in [0.5, 0.6) is 0 Å². The van der Waals surface area contributed by atoms with Crippen molar-refractivity contribution in [2.24, 2.45) is 0 Å². The summed E-state index contributed by atoms with van der Waals surface area (Å²) >= 11 is 0. The van der Waals surface area contributed by atoms with Crippen LogP contribution in [0.2, 0.25) is 0 Å². The molecule has 0 unspecified atom stereocenters. The van der Waals surface area contributed by atoms with E-state index in [1.54, 1.807) is 6.08 Å². The lowest BCUT2D eigenvalue weighted by atomic mass is 9.91. The first kappa shape index (κ1) is 21.4. The van der Waals surface area contributed by atoms with Gasteiger partial charge in [-0.1, -0.05) is 67.3 Å². The smallest absolute Gasteiger partial charge is 0.0455 e. The summed E-state index contributed by atoms with van der Waals surface area (Å²) in [5, 5.41) is 3.47. The SMILES string of the molecule is C=C(C)[C@H]1[C@@H](NC)CCCN1CCCc1ccccc1.C=C/C=C\C. The molecule has 0 aliphatic carbocycles. The Bertz CT molecular complexity index is 518. The van der Waals surface area contributed by atoms with Gasteiger partial charge in [0.1, 0.15) is 0 Å². The van der Waals surface area contributed by atoms with Crippen molar-refractivity contribution < 1.29 is 0 Å². The molecular weight excluding hydrogens is 304 g/mol. The van der Waals surface area contributed by atoms with Crippen LogP contribution in [0.15, 0.2) is 67.3 Å². The molecule has 1 aliphatic rings. The normalized spacial score (nSPS) is 20.8. The Hall–Kier alpha value is -1.64. The molecule has 1 heterocycles. The van der Waals surface area contributed by atoms with Crippen molar-refractivity contribution in [3.05, 3.63) is 72.9 Å². The minimum atomic E-state index is 0.504. The number of rotatable bonds is 7. The molecule has 0 saturated carbocycles. The zero-order chi connectivity index (χ0) is 18.5. The molecule has 2 nitrogen and oxygen atoms in total. The summed E-state index contributed by atoms with van der Waals surface area (Å²) in [4.78, 5) is 2.62. The first-order valence-corrected chi connectivity index (χ1v) is 9.48. The number of likely N-dealkylation sites (N-methyl/N-ethyl adjacent to an activating group) is 1. The second kappa shape index (κ2) is 12.7. The molecule has 0 radical (unpaired) electrons. The molecule has 1 N–H and O–H groups in total. The van der Waals surface area contributed by atoms with Crippen LogP contribution in [-0.2, 0) is 6.42 Å². The number of likely N-dealkylation sites (tertiary alicyclic amines) is 1. The van der Waals surface area contributed by atoms with Gasteiger partial charge in [-0.15, -0.1) is 0 Å². The molecule has 1 aromatic rings. The van der Waals surface area contributed by atoms with Crippen molar-refractivity contribution in [3.8, 4) is 0 Å². The highest BCUT2D eigenvalue weighted by Crippen LogP contribution is 2.23. The van der Waals surface area contributed by atoms with Crippen LogP contribution in [0.1, 0.15) is 38.7 Å². The highest BCUT2D eigenvalue weighted by atomic mass is 15.2. The van der Waals surface area contributed by atoms with Gasteiger partial charge in [0.2, 0.25) is 0 Å². The molecule has 1 saturated heterocycles. The van der Waals surface area contributed by atoms with Crippen LogP contribution in [0.4, 0.5) is 0 Å². The average Bonchev–Trinajstić information content (AvgIpc) is 2.63. The van der Waals surface area contributed by atoms with E-state index in [2.05, 4.69) is 67.7 Å². The Morgan fingerprint density at radius 2 is 2.04 bits per heavy atom. The van der Waals surface area contributed by atoms with Gasteiger partial charge in [-0.2, -0.15) is 0 Å². The number of hydrogen-bond donors (Lipinski definition) is 1. The summed E-state index contributed by atoms with van der Waals surface area (Å²) < 4.78 is 0. The van der Waals surface area contributed by atoms with Crippen LogP contribution in [0.25, 0.3) is 0 Å². The lowest BCUT2D eigenvalue weighted by Crippen LogP contribution is -2.53. The lowest BCUT2D eigenvalue weighted by molar-refractivity contribution is 0.137. The van der Waals surface area contributed by atoms with Crippen molar-refractivity contribution >= 4 is 0 Å². The van der Waals surface area contributed by atoms with E-state index in [0.29, 0.717) is 12.1 Å². The third-order valence-electron chi connectivity index (χ3n) is 4.69. The van der Waals surface area contributed by atoms with E-state index in [-0.39, 0.29) is 0 Å². The van der Waals surface area contributed by atoms with Crippen LogP contribution in [0.3, 0.4) is 0 Å². The van der Waals surface area contributed by atoms with E-state index < -0.39 is 0 Å². The number of aryl methyl sites for hydroxylation is 1. The van der Waals surface area contributed by atoms with Gasteiger partial charge in [0.15, 0.2) is 0 Å². The third kappa shape index (κ3) is 7.85. The summed E-state index contributed by atoms with van der Waals surface area (Å²) in [7, 11) is 2.08. The molecule has 25 heavy (non-hydrogen) atoms. The van der Waals surface area contributed by atoms with E-state index in [4.69, 9.17) is 0 Å². The predicted molar refractivity (Wildman–Crippen MR) is 112 cm³/mol. The maximum absolute atomic E-state index is 4.21. The van der Waals surface area contributed by atoms with E-state index in [0.717, 1.165) is 0 Å². The zero-order valence-electron chi connectivity index (χ0n) is 16.4. The van der Waals surface area contributed by atoms with E-state index in [9.17, 15) is 0 Å². The highest BCUT2D eigenvalue weighted by Gasteiger charge is 2.30. The van der Waals surface area contributed by atoms with Gasteiger partial charge in [-0.3, -0.25) is 4.90 Å². The van der Waals surface area contributed by atoms with Gasteiger partial charge in [0, 0.05) is 12.1 Å². The first-order valence-electron chi connectivity index (χ1n) is 9.48. The Labute approximate surface area is 155 Å². The summed E-state index contributed by atoms with van der Waals surface area (Å²) in [5.74, 6) is 0. The molecule has 138 valence electrons. The summed E-state index contributed by atoms with van der Waals surface area (Å²) in [5.41, 5.74) is 2.74. The fourth-order valence-electron chi connectivity index (χ4n) is 3.54. The molecule has 0 aromatic heterocycles. The van der Waals surface area contributed by atoms with Gasteiger partial charge in [-0.05, 0) is 65.2 Å². The monoisotopic (exact) mass is 340 g/mol. The Morgan fingerprint density at radius 3 is 2.56 bits per heavy atom. The maximum atomic E-state index is 4.21. The van der Waals surface area contributed by atoms with Gasteiger partial charge in [-0.25, -0.2) is 0 Å². The molecule has 1 fully saturated rings. The molecule has 2 heteroatoms. The van der Waals surface area contributed by atoms with Gasteiger partial charge < -0.3 is 5.32 Å². The molecule has 1 aliphatic heterocycles. The number of nitrogens with one attached hydrogen (secondary N) is 1. The van der Waals surface area contributed by atoms with Crippen LogP contribution in [-0.4, -0.2) is 37.1 Å². The number of hydrogen-bond acceptors (Lipinski definition) is 2. The number of piperidine rings is 1. The van der Waals surface area contributed by atoms with Gasteiger partial charge >= 0.3 is 0 Å². The lowest BCUT2D eigenvalue weighted by Gasteiger charge is -2.42. The average molecular weight is 341 g/mol. The largest absolute Gasteiger partial charge is 0.315 e. The number of allylic oxidation sites excluding steroid dienone is 3. The van der Waals surface area contributed by atoms with Gasteiger partial charge in [0.25, 0.3) is 0 Å². The predicted octanol–water partition coefficient (Wildman–Crippen LogP) is 5.00. The standard InChI is InChI=1S/C18H28N2.C5H8/c1-15(2)18-17(19-3)12-8-14-20(18)13-7-11-16-9-5-4-6-10-16;1-3-5-4-2/h4-6,9-10,17-19H,1,7-8,11-14H2,2-3H3;3-5H,1H2,2H3/b;5-4-/t17-,18-;/m0./s1. The van der Waals surface area contributed by atoms with Crippen molar-refractivity contribution in [3.63, 3.8) is 0 Å². The maximum Gasteiger partial charge on any atom is 0.0455 e. The van der Waals surface area contributed by atoms with Crippen molar-refractivity contribution in [2.45, 2.75) is 51.6 Å². The number of benzene rings is 1. The summed E-state index contributed by atoms with van der Waals surface area (Å²) in [6.07, 6.45) is 10.5. The van der Waals surface area contributed by atoms with Gasteiger partial charge in [0.05, 0.1) is 0 Å². The fourth-order valence-corrected chi connectivity index (χ4v) is 3.54. The molecule has 2 atom stereocenters. The van der Waals surface area contributed by atoms with E-state index in [1.165, 1.54) is 49.9 Å². The minimum absolute atomic E-state index is 0.504. The Kier molecular flexibility index (Phi) is 10.9. The topological polar surface area (TPSA) is 15.3 Å². The minimum Gasteiger partial charge on any atom is -0.315 e. The van der Waals surface area contributed by atoms with Crippen LogP contribution in [0, 0.1) is 0 Å².